The van der Waals surface area contributed by atoms with Gasteiger partial charge in [0.05, 0.1) is 6.10 Å². The van der Waals surface area contributed by atoms with Crippen LogP contribution in [0.5, 0.6) is 0 Å². The molecule has 0 saturated carbocycles. The van der Waals surface area contributed by atoms with E-state index < -0.39 is 0 Å². The summed E-state index contributed by atoms with van der Waals surface area (Å²) in [5.41, 5.74) is 0. The van der Waals surface area contributed by atoms with Gasteiger partial charge in [0, 0.05) is 25.9 Å². The maximum atomic E-state index is 5.70. The summed E-state index contributed by atoms with van der Waals surface area (Å²) in [6, 6.07) is 0.663. The highest BCUT2D eigenvalue weighted by Crippen LogP contribution is 2.23. The number of hydrogen-bond donors (Lipinski definition) is 1. The van der Waals surface area contributed by atoms with Crippen molar-refractivity contribution in [3.8, 4) is 0 Å². The van der Waals surface area contributed by atoms with Gasteiger partial charge in [-0.05, 0) is 51.0 Å². The molecule has 0 aromatic heterocycles. The molecule has 0 aromatic carbocycles. The van der Waals surface area contributed by atoms with Crippen LogP contribution in [0.3, 0.4) is 0 Å². The van der Waals surface area contributed by atoms with Crippen molar-refractivity contribution in [2.45, 2.75) is 57.6 Å². The molecule has 2 heterocycles. The molecule has 17 heavy (non-hydrogen) atoms. The SMILES string of the molecule is CCNC(CCC1CCCO1)CC1CCOC1. The molecule has 1 N–H and O–H groups in total. The Morgan fingerprint density at radius 2 is 2.24 bits per heavy atom. The van der Waals surface area contributed by atoms with E-state index in [1.165, 1.54) is 38.5 Å². The van der Waals surface area contributed by atoms with Crippen molar-refractivity contribution < 1.29 is 9.47 Å². The number of nitrogens with one attached hydrogen (secondary N) is 1. The van der Waals surface area contributed by atoms with Gasteiger partial charge >= 0.3 is 0 Å². The van der Waals surface area contributed by atoms with Gasteiger partial charge in [-0.1, -0.05) is 6.92 Å². The minimum Gasteiger partial charge on any atom is -0.381 e. The Kier molecular flexibility index (Phi) is 5.75. The first-order valence-electron chi connectivity index (χ1n) is 7.31. The number of hydrogen-bond acceptors (Lipinski definition) is 3. The Morgan fingerprint density at radius 3 is 2.88 bits per heavy atom. The van der Waals surface area contributed by atoms with Gasteiger partial charge in [0.15, 0.2) is 0 Å². The summed E-state index contributed by atoms with van der Waals surface area (Å²) in [4.78, 5) is 0. The third-order valence-electron chi connectivity index (χ3n) is 4.00. The fourth-order valence-corrected chi connectivity index (χ4v) is 3.02. The second-order valence-electron chi connectivity index (χ2n) is 5.43. The van der Waals surface area contributed by atoms with Crippen molar-refractivity contribution >= 4 is 0 Å². The van der Waals surface area contributed by atoms with E-state index in [2.05, 4.69) is 12.2 Å². The van der Waals surface area contributed by atoms with E-state index in [1.807, 2.05) is 0 Å². The molecule has 3 atom stereocenters. The van der Waals surface area contributed by atoms with Gasteiger partial charge in [-0.25, -0.2) is 0 Å². The van der Waals surface area contributed by atoms with Gasteiger partial charge in [0.25, 0.3) is 0 Å². The highest BCUT2D eigenvalue weighted by molar-refractivity contribution is 4.76. The predicted octanol–water partition coefficient (Wildman–Crippen LogP) is 2.35. The van der Waals surface area contributed by atoms with E-state index in [-0.39, 0.29) is 0 Å². The summed E-state index contributed by atoms with van der Waals surface area (Å²) < 4.78 is 11.2. The van der Waals surface area contributed by atoms with E-state index in [9.17, 15) is 0 Å². The fourth-order valence-electron chi connectivity index (χ4n) is 3.02. The molecule has 0 aliphatic carbocycles. The van der Waals surface area contributed by atoms with Crippen LogP contribution < -0.4 is 5.32 Å². The molecule has 2 fully saturated rings. The van der Waals surface area contributed by atoms with Gasteiger partial charge in [0.1, 0.15) is 0 Å². The molecular weight excluding hydrogens is 214 g/mol. The van der Waals surface area contributed by atoms with Crippen molar-refractivity contribution in [2.24, 2.45) is 5.92 Å². The van der Waals surface area contributed by atoms with Gasteiger partial charge in [-0.15, -0.1) is 0 Å². The topological polar surface area (TPSA) is 30.5 Å². The van der Waals surface area contributed by atoms with Crippen LogP contribution in [-0.4, -0.2) is 38.5 Å². The van der Waals surface area contributed by atoms with Crippen LogP contribution in [0, 0.1) is 5.92 Å². The molecule has 0 spiro atoms. The minimum absolute atomic E-state index is 0.538. The van der Waals surface area contributed by atoms with Crippen molar-refractivity contribution in [1.82, 2.24) is 5.32 Å². The number of rotatable bonds is 7. The lowest BCUT2D eigenvalue weighted by molar-refractivity contribution is 0.0983. The Balaban J connectivity index is 1.67. The third-order valence-corrected chi connectivity index (χ3v) is 4.00. The number of ether oxygens (including phenoxy) is 2. The van der Waals surface area contributed by atoms with E-state index >= 15 is 0 Å². The van der Waals surface area contributed by atoms with Crippen LogP contribution in [0.4, 0.5) is 0 Å². The summed E-state index contributed by atoms with van der Waals surface area (Å²) >= 11 is 0. The molecule has 3 unspecified atom stereocenters. The smallest absolute Gasteiger partial charge is 0.0576 e. The predicted molar refractivity (Wildman–Crippen MR) is 69.2 cm³/mol. The Bertz CT molecular complexity index is 198. The van der Waals surface area contributed by atoms with E-state index in [4.69, 9.17) is 9.47 Å². The average Bonchev–Trinajstić information content (AvgIpc) is 2.99. The molecule has 2 aliphatic heterocycles. The first-order chi connectivity index (χ1) is 8.38. The molecule has 2 rings (SSSR count). The van der Waals surface area contributed by atoms with Gasteiger partial charge in [-0.2, -0.15) is 0 Å². The van der Waals surface area contributed by atoms with Crippen LogP contribution in [0.25, 0.3) is 0 Å². The van der Waals surface area contributed by atoms with Gasteiger partial charge in [-0.3, -0.25) is 0 Å². The lowest BCUT2D eigenvalue weighted by Crippen LogP contribution is -2.32. The molecule has 100 valence electrons. The van der Waals surface area contributed by atoms with E-state index in [0.717, 1.165) is 32.3 Å². The lowest BCUT2D eigenvalue weighted by Gasteiger charge is -2.22. The van der Waals surface area contributed by atoms with Crippen LogP contribution in [-0.2, 0) is 9.47 Å². The Morgan fingerprint density at radius 1 is 1.29 bits per heavy atom. The van der Waals surface area contributed by atoms with Crippen molar-refractivity contribution in [3.63, 3.8) is 0 Å². The molecule has 0 bridgehead atoms. The zero-order valence-corrected chi connectivity index (χ0v) is 11.1. The molecule has 2 aliphatic rings. The van der Waals surface area contributed by atoms with Gasteiger partial charge in [0.2, 0.25) is 0 Å². The summed E-state index contributed by atoms with van der Waals surface area (Å²) in [6.45, 7) is 6.19. The minimum atomic E-state index is 0.538. The summed E-state index contributed by atoms with van der Waals surface area (Å²) in [5, 5.41) is 3.62. The molecular formula is C14H27NO2. The van der Waals surface area contributed by atoms with Crippen LogP contribution in [0.2, 0.25) is 0 Å². The van der Waals surface area contributed by atoms with Crippen LogP contribution >= 0.6 is 0 Å². The standard InChI is InChI=1S/C14H27NO2/c1-2-15-13(10-12-7-9-16-11-12)5-6-14-4-3-8-17-14/h12-15H,2-11H2,1H3. The largest absolute Gasteiger partial charge is 0.381 e. The lowest BCUT2D eigenvalue weighted by atomic mass is 9.95. The average molecular weight is 241 g/mol. The highest BCUT2D eigenvalue weighted by Gasteiger charge is 2.22. The van der Waals surface area contributed by atoms with Crippen molar-refractivity contribution in [3.05, 3.63) is 0 Å². The molecule has 3 nitrogen and oxygen atoms in total. The van der Waals surface area contributed by atoms with Crippen LogP contribution in [0.1, 0.15) is 45.4 Å². The molecule has 2 saturated heterocycles. The monoisotopic (exact) mass is 241 g/mol. The van der Waals surface area contributed by atoms with E-state index in [1.54, 1.807) is 0 Å². The molecule has 3 heteroatoms. The summed E-state index contributed by atoms with van der Waals surface area (Å²) in [7, 11) is 0. The molecule has 0 amide bonds. The van der Waals surface area contributed by atoms with Crippen LogP contribution in [0.15, 0.2) is 0 Å². The maximum absolute atomic E-state index is 5.70. The first-order valence-corrected chi connectivity index (χ1v) is 7.31. The summed E-state index contributed by atoms with van der Waals surface area (Å²) in [6.07, 6.45) is 8.08. The fraction of sp³-hybridized carbons (Fsp3) is 1.00. The maximum Gasteiger partial charge on any atom is 0.0576 e. The summed E-state index contributed by atoms with van der Waals surface area (Å²) in [5.74, 6) is 0.781. The molecule has 0 radical (unpaired) electrons. The quantitative estimate of drug-likeness (QED) is 0.742. The molecule has 0 aromatic rings. The Hall–Kier alpha value is -0.120. The normalized spacial score (nSPS) is 30.9. The first kappa shape index (κ1) is 13.3. The van der Waals surface area contributed by atoms with Crippen molar-refractivity contribution in [2.75, 3.05) is 26.4 Å². The third kappa shape index (κ3) is 4.57. The Labute approximate surface area is 105 Å². The second-order valence-corrected chi connectivity index (χ2v) is 5.43. The second kappa shape index (κ2) is 7.34. The zero-order chi connectivity index (χ0) is 11.9. The van der Waals surface area contributed by atoms with E-state index in [0.29, 0.717) is 12.1 Å². The van der Waals surface area contributed by atoms with Crippen molar-refractivity contribution in [1.29, 1.82) is 0 Å². The highest BCUT2D eigenvalue weighted by atomic mass is 16.5. The van der Waals surface area contributed by atoms with Gasteiger partial charge < -0.3 is 14.8 Å². The zero-order valence-electron chi connectivity index (χ0n) is 11.1.